The van der Waals surface area contributed by atoms with Gasteiger partial charge in [-0.3, -0.25) is 0 Å². The van der Waals surface area contributed by atoms with E-state index in [1.807, 2.05) is 30.8 Å². The predicted molar refractivity (Wildman–Crippen MR) is 57.5 cm³/mol. The van der Waals surface area contributed by atoms with Gasteiger partial charge in [-0.25, -0.2) is 4.98 Å². The predicted octanol–water partition coefficient (Wildman–Crippen LogP) is 1.90. The highest BCUT2D eigenvalue weighted by molar-refractivity contribution is 7.80. The van der Waals surface area contributed by atoms with E-state index in [4.69, 9.17) is 0 Å². The Balaban J connectivity index is 2.85. The van der Waals surface area contributed by atoms with Crippen LogP contribution in [0.5, 0.6) is 0 Å². The van der Waals surface area contributed by atoms with Gasteiger partial charge in [0.15, 0.2) is 0 Å². The molecule has 0 radical (unpaired) electrons. The number of nitrogens with zero attached hydrogens (tertiary/aromatic N) is 2. The second kappa shape index (κ2) is 2.96. The summed E-state index contributed by atoms with van der Waals surface area (Å²) >= 11 is 4.35. The summed E-state index contributed by atoms with van der Waals surface area (Å²) in [5, 5.41) is 3.10. The fourth-order valence-electron chi connectivity index (χ4n) is 1.44. The third-order valence-corrected chi connectivity index (χ3v) is 2.50. The zero-order valence-electron chi connectivity index (χ0n) is 7.57. The molecule has 0 unspecified atom stereocenters. The lowest BCUT2D eigenvalue weighted by Crippen LogP contribution is -1.92. The van der Waals surface area contributed by atoms with E-state index >= 15 is 0 Å². The van der Waals surface area contributed by atoms with Crippen molar-refractivity contribution in [2.24, 2.45) is 7.05 Å². The Morgan fingerprint density at radius 2 is 2.23 bits per heavy atom. The van der Waals surface area contributed by atoms with Crippen molar-refractivity contribution in [1.82, 2.24) is 9.55 Å². The molecule has 1 aromatic carbocycles. The first-order valence-corrected chi connectivity index (χ1v) is 4.49. The number of rotatable bonds is 1. The summed E-state index contributed by atoms with van der Waals surface area (Å²) in [4.78, 5) is 5.23. The average molecular weight is 193 g/mol. The van der Waals surface area contributed by atoms with Gasteiger partial charge in [-0.2, -0.15) is 0 Å². The molecule has 1 heterocycles. The number of aryl methyl sites for hydroxylation is 1. The maximum absolute atomic E-state index is 4.35. The SMILES string of the molecule is CNc1c(S)ccc2c1ncn2C. The molecular weight excluding hydrogens is 182 g/mol. The maximum atomic E-state index is 4.35. The largest absolute Gasteiger partial charge is 0.385 e. The minimum absolute atomic E-state index is 0.925. The van der Waals surface area contributed by atoms with Crippen molar-refractivity contribution < 1.29 is 0 Å². The molecule has 0 atom stereocenters. The highest BCUT2D eigenvalue weighted by Gasteiger charge is 2.06. The van der Waals surface area contributed by atoms with Crippen molar-refractivity contribution in [3.05, 3.63) is 18.5 Å². The van der Waals surface area contributed by atoms with Gasteiger partial charge in [0, 0.05) is 19.0 Å². The molecule has 1 aromatic heterocycles. The smallest absolute Gasteiger partial charge is 0.113 e. The zero-order chi connectivity index (χ0) is 9.42. The Bertz CT molecular complexity index is 447. The third-order valence-electron chi connectivity index (χ3n) is 2.12. The highest BCUT2D eigenvalue weighted by atomic mass is 32.1. The molecule has 2 aromatic rings. The van der Waals surface area contributed by atoms with E-state index in [1.165, 1.54) is 0 Å². The summed E-state index contributed by atoms with van der Waals surface area (Å²) < 4.78 is 1.99. The molecule has 0 saturated heterocycles. The van der Waals surface area contributed by atoms with Gasteiger partial charge in [0.05, 0.1) is 17.5 Å². The van der Waals surface area contributed by atoms with Gasteiger partial charge in [-0.15, -0.1) is 12.6 Å². The monoisotopic (exact) mass is 193 g/mol. The number of imidazole rings is 1. The lowest BCUT2D eigenvalue weighted by molar-refractivity contribution is 0.947. The first kappa shape index (κ1) is 8.44. The summed E-state index contributed by atoms with van der Waals surface area (Å²) in [5.41, 5.74) is 3.07. The van der Waals surface area contributed by atoms with Crippen LogP contribution in [0, 0.1) is 0 Å². The van der Waals surface area contributed by atoms with Gasteiger partial charge in [-0.05, 0) is 12.1 Å². The van der Waals surface area contributed by atoms with Crippen molar-refractivity contribution in [3.63, 3.8) is 0 Å². The van der Waals surface area contributed by atoms with Crippen LogP contribution in [0.1, 0.15) is 0 Å². The molecule has 4 heteroatoms. The van der Waals surface area contributed by atoms with Crippen LogP contribution in [0.3, 0.4) is 0 Å². The van der Waals surface area contributed by atoms with E-state index in [0.29, 0.717) is 0 Å². The molecule has 3 nitrogen and oxygen atoms in total. The van der Waals surface area contributed by atoms with Crippen LogP contribution in [0.2, 0.25) is 0 Å². The van der Waals surface area contributed by atoms with Gasteiger partial charge in [0.25, 0.3) is 0 Å². The molecule has 0 bridgehead atoms. The topological polar surface area (TPSA) is 29.9 Å². The van der Waals surface area contributed by atoms with E-state index in [9.17, 15) is 0 Å². The lowest BCUT2D eigenvalue weighted by atomic mass is 10.2. The minimum Gasteiger partial charge on any atom is -0.385 e. The highest BCUT2D eigenvalue weighted by Crippen LogP contribution is 2.27. The number of anilines is 1. The van der Waals surface area contributed by atoms with Gasteiger partial charge >= 0.3 is 0 Å². The van der Waals surface area contributed by atoms with Crippen molar-refractivity contribution in [2.75, 3.05) is 12.4 Å². The summed E-state index contributed by atoms with van der Waals surface area (Å²) in [6.45, 7) is 0. The van der Waals surface area contributed by atoms with Crippen molar-refractivity contribution in [2.45, 2.75) is 4.90 Å². The maximum Gasteiger partial charge on any atom is 0.113 e. The molecule has 0 amide bonds. The molecular formula is C9H11N3S. The fraction of sp³-hybridized carbons (Fsp3) is 0.222. The fourth-order valence-corrected chi connectivity index (χ4v) is 1.73. The first-order valence-electron chi connectivity index (χ1n) is 4.05. The van der Waals surface area contributed by atoms with Crippen LogP contribution in [0.15, 0.2) is 23.4 Å². The van der Waals surface area contributed by atoms with E-state index in [1.54, 1.807) is 6.33 Å². The Morgan fingerprint density at radius 3 is 2.92 bits per heavy atom. The van der Waals surface area contributed by atoms with E-state index in [-0.39, 0.29) is 0 Å². The number of nitrogens with one attached hydrogen (secondary N) is 1. The molecule has 13 heavy (non-hydrogen) atoms. The Labute approximate surface area is 82.2 Å². The van der Waals surface area contributed by atoms with Crippen molar-refractivity contribution in [1.29, 1.82) is 0 Å². The number of aromatic nitrogens is 2. The second-order valence-electron chi connectivity index (χ2n) is 2.93. The Morgan fingerprint density at radius 1 is 1.46 bits per heavy atom. The molecule has 0 aliphatic heterocycles. The van der Waals surface area contributed by atoms with Crippen LogP contribution in [-0.4, -0.2) is 16.6 Å². The minimum atomic E-state index is 0.925. The van der Waals surface area contributed by atoms with Crippen molar-refractivity contribution in [3.8, 4) is 0 Å². The van der Waals surface area contributed by atoms with Crippen molar-refractivity contribution >= 4 is 29.3 Å². The van der Waals surface area contributed by atoms with Gasteiger partial charge < -0.3 is 9.88 Å². The summed E-state index contributed by atoms with van der Waals surface area (Å²) in [7, 11) is 3.86. The lowest BCUT2D eigenvalue weighted by Gasteiger charge is -2.04. The van der Waals surface area contributed by atoms with Gasteiger partial charge in [-0.1, -0.05) is 0 Å². The molecule has 0 fully saturated rings. The zero-order valence-corrected chi connectivity index (χ0v) is 8.47. The number of benzene rings is 1. The summed E-state index contributed by atoms with van der Waals surface area (Å²) in [6, 6.07) is 3.99. The molecule has 1 N–H and O–H groups in total. The van der Waals surface area contributed by atoms with E-state index < -0.39 is 0 Å². The first-order chi connectivity index (χ1) is 6.24. The number of fused-ring (bicyclic) bond motifs is 1. The van der Waals surface area contributed by atoms with Crippen LogP contribution in [0.25, 0.3) is 11.0 Å². The van der Waals surface area contributed by atoms with E-state index in [2.05, 4.69) is 22.9 Å². The molecule has 68 valence electrons. The number of hydrogen-bond acceptors (Lipinski definition) is 3. The van der Waals surface area contributed by atoms with Gasteiger partial charge in [0.1, 0.15) is 5.52 Å². The molecule has 0 spiro atoms. The molecule has 0 saturated carbocycles. The summed E-state index contributed by atoms with van der Waals surface area (Å²) in [5.74, 6) is 0. The van der Waals surface area contributed by atoms with Crippen LogP contribution < -0.4 is 5.32 Å². The standard InChI is InChI=1S/C9H11N3S/c1-10-9-7(13)4-3-6-8(9)11-5-12(6)2/h3-5,10,13H,1-2H3. The molecule has 2 rings (SSSR count). The normalized spacial score (nSPS) is 10.7. The Kier molecular flexibility index (Phi) is 1.92. The molecule has 0 aliphatic rings. The van der Waals surface area contributed by atoms with E-state index in [0.717, 1.165) is 21.6 Å². The quantitative estimate of drug-likeness (QED) is 0.677. The third kappa shape index (κ3) is 1.18. The van der Waals surface area contributed by atoms with Crippen LogP contribution >= 0.6 is 12.6 Å². The molecule has 0 aliphatic carbocycles. The average Bonchev–Trinajstić information content (AvgIpc) is 2.48. The Hall–Kier alpha value is -1.16. The van der Waals surface area contributed by atoms with Crippen LogP contribution in [0.4, 0.5) is 5.69 Å². The number of thiol groups is 1. The van der Waals surface area contributed by atoms with Gasteiger partial charge in [0.2, 0.25) is 0 Å². The summed E-state index contributed by atoms with van der Waals surface area (Å²) in [6.07, 6.45) is 1.80. The number of hydrogen-bond donors (Lipinski definition) is 2. The second-order valence-corrected chi connectivity index (χ2v) is 3.41. The van der Waals surface area contributed by atoms with Crippen LogP contribution in [-0.2, 0) is 7.05 Å².